The van der Waals surface area contributed by atoms with Crippen molar-refractivity contribution in [3.8, 4) is 0 Å². The van der Waals surface area contributed by atoms with E-state index in [1.54, 1.807) is 19.1 Å². The Labute approximate surface area is 138 Å². The van der Waals surface area contributed by atoms with Crippen LogP contribution in [-0.4, -0.2) is 10.2 Å². The van der Waals surface area contributed by atoms with Crippen LogP contribution in [0.1, 0.15) is 35.3 Å². The van der Waals surface area contributed by atoms with Crippen molar-refractivity contribution in [3.63, 3.8) is 0 Å². The minimum atomic E-state index is -0.586. The lowest BCUT2D eigenvalue weighted by molar-refractivity contribution is -0.706. The van der Waals surface area contributed by atoms with Crippen LogP contribution >= 0.6 is 22.9 Å². The Morgan fingerprint density at radius 2 is 1.85 bits per heavy atom. The standard InChI is InChI=1S/C14H17ClNO2S.BrH/c1-9-14(10(2)17)19-8-16(9)7-13(18)11-3-5-12(15)6-4-11;/h3-6,8,10,13,17-18H,7H2,1-2H3;1H/q+1;/p-1. The molecule has 1 aromatic carbocycles. The van der Waals surface area contributed by atoms with Gasteiger partial charge in [-0.2, -0.15) is 4.57 Å². The summed E-state index contributed by atoms with van der Waals surface area (Å²) in [6.45, 7) is 4.17. The Kier molecular flexibility index (Phi) is 6.61. The van der Waals surface area contributed by atoms with E-state index in [9.17, 15) is 10.2 Å². The molecule has 0 aliphatic heterocycles. The molecule has 3 nitrogen and oxygen atoms in total. The molecule has 110 valence electrons. The Hall–Kier alpha value is -0.460. The molecule has 1 heterocycles. The van der Waals surface area contributed by atoms with E-state index in [0.717, 1.165) is 16.1 Å². The summed E-state index contributed by atoms with van der Waals surface area (Å²) in [5.74, 6) is 0. The van der Waals surface area contributed by atoms with Gasteiger partial charge in [-0.05, 0) is 24.6 Å². The number of hydrogen-bond acceptors (Lipinski definition) is 3. The van der Waals surface area contributed by atoms with Crippen LogP contribution in [0.3, 0.4) is 0 Å². The fourth-order valence-electron chi connectivity index (χ4n) is 1.98. The minimum Gasteiger partial charge on any atom is -1.00 e. The number of hydrogen-bond donors (Lipinski definition) is 2. The zero-order chi connectivity index (χ0) is 14.0. The summed E-state index contributed by atoms with van der Waals surface area (Å²) < 4.78 is 1.96. The molecule has 2 rings (SSSR count). The number of halogens is 2. The maximum Gasteiger partial charge on any atom is 0.225 e. The molecule has 0 saturated carbocycles. The summed E-state index contributed by atoms with van der Waals surface area (Å²) >= 11 is 7.33. The van der Waals surface area contributed by atoms with E-state index in [0.29, 0.717) is 11.6 Å². The third-order valence-corrected chi connectivity index (χ3v) is 4.60. The molecule has 0 spiro atoms. The van der Waals surface area contributed by atoms with Crippen LogP contribution in [0.2, 0.25) is 5.02 Å². The lowest BCUT2D eigenvalue weighted by Gasteiger charge is -2.07. The van der Waals surface area contributed by atoms with Gasteiger partial charge in [0.15, 0.2) is 12.2 Å². The molecule has 2 atom stereocenters. The monoisotopic (exact) mass is 377 g/mol. The van der Waals surface area contributed by atoms with Gasteiger partial charge in [0.05, 0.1) is 6.10 Å². The fourth-order valence-corrected chi connectivity index (χ4v) is 3.08. The molecule has 6 heteroatoms. The average molecular weight is 379 g/mol. The molecule has 2 aromatic rings. The van der Waals surface area contributed by atoms with Crippen LogP contribution in [0.5, 0.6) is 0 Å². The van der Waals surface area contributed by atoms with E-state index < -0.39 is 12.2 Å². The van der Waals surface area contributed by atoms with Gasteiger partial charge in [-0.15, -0.1) is 0 Å². The van der Waals surface area contributed by atoms with Crippen molar-refractivity contribution in [2.75, 3.05) is 0 Å². The van der Waals surface area contributed by atoms with Gasteiger partial charge in [-0.3, -0.25) is 0 Å². The fraction of sp³-hybridized carbons (Fsp3) is 0.357. The third-order valence-electron chi connectivity index (χ3n) is 3.10. The highest BCUT2D eigenvalue weighted by Crippen LogP contribution is 2.21. The van der Waals surface area contributed by atoms with Gasteiger partial charge in [-0.25, -0.2) is 0 Å². The lowest BCUT2D eigenvalue weighted by Crippen LogP contribution is -3.00. The Balaban J connectivity index is 0.00000200. The zero-order valence-electron chi connectivity index (χ0n) is 11.3. The van der Waals surface area contributed by atoms with Crippen molar-refractivity contribution in [2.24, 2.45) is 0 Å². The van der Waals surface area contributed by atoms with Gasteiger partial charge in [0, 0.05) is 11.9 Å². The van der Waals surface area contributed by atoms with E-state index >= 15 is 0 Å². The highest BCUT2D eigenvalue weighted by molar-refractivity contribution is 7.09. The summed E-state index contributed by atoms with van der Waals surface area (Å²) in [7, 11) is 0. The molecule has 0 bridgehead atoms. The minimum absolute atomic E-state index is 0. The molecule has 0 saturated heterocycles. The van der Waals surface area contributed by atoms with E-state index in [4.69, 9.17) is 11.6 Å². The first-order valence-corrected chi connectivity index (χ1v) is 7.34. The molecular formula is C14H17BrClNO2S. The molecular weight excluding hydrogens is 362 g/mol. The topological polar surface area (TPSA) is 44.3 Å². The first kappa shape index (κ1) is 17.6. The summed E-state index contributed by atoms with van der Waals surface area (Å²) in [5.41, 5.74) is 3.75. The van der Waals surface area contributed by atoms with Crippen LogP contribution in [0.4, 0.5) is 0 Å². The van der Waals surface area contributed by atoms with Gasteiger partial charge in [0.1, 0.15) is 11.0 Å². The number of aliphatic hydroxyl groups is 2. The van der Waals surface area contributed by atoms with Crippen molar-refractivity contribution in [1.29, 1.82) is 0 Å². The van der Waals surface area contributed by atoms with Crippen LogP contribution in [0.25, 0.3) is 0 Å². The molecule has 0 amide bonds. The quantitative estimate of drug-likeness (QED) is 0.723. The largest absolute Gasteiger partial charge is 1.00 e. The molecule has 0 fully saturated rings. The maximum atomic E-state index is 10.2. The first-order valence-electron chi connectivity index (χ1n) is 6.08. The second-order valence-corrected chi connectivity index (χ2v) is 5.89. The average Bonchev–Trinajstić information content (AvgIpc) is 2.72. The summed E-state index contributed by atoms with van der Waals surface area (Å²) in [5, 5.41) is 20.5. The van der Waals surface area contributed by atoms with E-state index in [1.807, 2.05) is 29.1 Å². The molecule has 2 unspecified atom stereocenters. The van der Waals surface area contributed by atoms with Crippen molar-refractivity contribution < 1.29 is 31.8 Å². The van der Waals surface area contributed by atoms with Crippen molar-refractivity contribution in [3.05, 3.63) is 50.9 Å². The molecule has 20 heavy (non-hydrogen) atoms. The number of thiazole rings is 1. The van der Waals surface area contributed by atoms with E-state index in [2.05, 4.69) is 0 Å². The van der Waals surface area contributed by atoms with Gasteiger partial charge in [0.25, 0.3) is 0 Å². The molecule has 0 radical (unpaired) electrons. The Bertz CT molecular complexity index is 557. The maximum absolute atomic E-state index is 10.2. The van der Waals surface area contributed by atoms with Gasteiger partial charge < -0.3 is 27.2 Å². The predicted molar refractivity (Wildman–Crippen MR) is 76.3 cm³/mol. The van der Waals surface area contributed by atoms with Crippen LogP contribution in [0.15, 0.2) is 29.8 Å². The number of aromatic nitrogens is 1. The normalized spacial score (nSPS) is 13.7. The van der Waals surface area contributed by atoms with Crippen LogP contribution in [0, 0.1) is 6.92 Å². The Morgan fingerprint density at radius 1 is 1.25 bits per heavy atom. The smallest absolute Gasteiger partial charge is 0.225 e. The Morgan fingerprint density at radius 3 is 2.35 bits per heavy atom. The SMILES string of the molecule is Cc1c(C(C)O)sc[n+]1CC(O)c1ccc(Cl)cc1.[Br-]. The van der Waals surface area contributed by atoms with Crippen molar-refractivity contribution in [2.45, 2.75) is 32.6 Å². The highest BCUT2D eigenvalue weighted by atomic mass is 79.9. The van der Waals surface area contributed by atoms with Crippen molar-refractivity contribution in [1.82, 2.24) is 0 Å². The summed E-state index contributed by atoms with van der Waals surface area (Å²) in [4.78, 5) is 0.934. The van der Waals surface area contributed by atoms with Gasteiger partial charge >= 0.3 is 0 Å². The number of aliphatic hydroxyl groups excluding tert-OH is 2. The zero-order valence-corrected chi connectivity index (χ0v) is 14.4. The third kappa shape index (κ3) is 4.02. The highest BCUT2D eigenvalue weighted by Gasteiger charge is 2.22. The molecule has 0 aliphatic rings. The summed E-state index contributed by atoms with van der Waals surface area (Å²) in [6, 6.07) is 7.19. The second-order valence-electron chi connectivity index (χ2n) is 4.57. The van der Waals surface area contributed by atoms with E-state index in [1.165, 1.54) is 11.3 Å². The molecule has 1 aromatic heterocycles. The van der Waals surface area contributed by atoms with Gasteiger partial charge in [-0.1, -0.05) is 35.1 Å². The molecule has 0 aliphatic carbocycles. The lowest BCUT2D eigenvalue weighted by atomic mass is 10.1. The van der Waals surface area contributed by atoms with Crippen LogP contribution < -0.4 is 21.5 Å². The van der Waals surface area contributed by atoms with Crippen molar-refractivity contribution >= 4 is 22.9 Å². The van der Waals surface area contributed by atoms with E-state index in [-0.39, 0.29) is 17.0 Å². The van der Waals surface area contributed by atoms with Crippen LogP contribution in [-0.2, 0) is 6.54 Å². The molecule has 2 N–H and O–H groups in total. The first-order chi connectivity index (χ1) is 8.99. The number of benzene rings is 1. The van der Waals surface area contributed by atoms with Gasteiger partial charge in [0.2, 0.25) is 5.51 Å². The summed E-state index contributed by atoms with van der Waals surface area (Å²) in [6.07, 6.45) is -1.06. The number of rotatable bonds is 4. The predicted octanol–water partition coefficient (Wildman–Crippen LogP) is -0.212. The number of nitrogens with zero attached hydrogens (tertiary/aromatic N) is 1. The second kappa shape index (κ2) is 7.52.